The van der Waals surface area contributed by atoms with Crippen molar-refractivity contribution in [1.29, 1.82) is 5.41 Å². The maximum absolute atomic E-state index is 16.7. The number of piperidine rings is 2. The molecule has 1 saturated carbocycles. The van der Waals surface area contributed by atoms with E-state index in [1.54, 1.807) is 13.0 Å². The molecule has 42 heavy (non-hydrogen) atoms. The maximum atomic E-state index is 16.7. The molecule has 1 aliphatic carbocycles. The van der Waals surface area contributed by atoms with Gasteiger partial charge in [-0.3, -0.25) is 0 Å². The van der Waals surface area contributed by atoms with Crippen LogP contribution in [-0.2, 0) is 0 Å². The predicted molar refractivity (Wildman–Crippen MR) is 162 cm³/mol. The summed E-state index contributed by atoms with van der Waals surface area (Å²) in [4.78, 5) is 15.8. The minimum absolute atomic E-state index is 0.0107. The Labute approximate surface area is 249 Å². The van der Waals surface area contributed by atoms with E-state index in [1.807, 2.05) is 4.90 Å². The number of nitrogens with two attached hydrogens (primary N) is 1. The Bertz CT molecular complexity index is 1540. The summed E-state index contributed by atoms with van der Waals surface area (Å²) in [6.45, 7) is 4.13. The second kappa shape index (κ2) is 11.4. The molecule has 10 nitrogen and oxygen atoms in total. The summed E-state index contributed by atoms with van der Waals surface area (Å²) in [6.07, 6.45) is 7.34. The molecule has 1 aromatic carbocycles. The number of benzene rings is 1. The van der Waals surface area contributed by atoms with Crippen molar-refractivity contribution in [2.75, 3.05) is 44.0 Å². The van der Waals surface area contributed by atoms with Gasteiger partial charge in [-0.15, -0.1) is 0 Å². The van der Waals surface area contributed by atoms with Crippen molar-refractivity contribution in [1.82, 2.24) is 20.3 Å². The van der Waals surface area contributed by atoms with Crippen molar-refractivity contribution < 1.29 is 19.0 Å². The molecule has 3 aliphatic rings. The standard InChI is InChI=1S/C30H37ClFN7O3/c1-16-12-19(34)18(13-33)21(23(16)31)25-24(32)26-22(28(36-25)41-2)27(39-11-4-6-17(40)14-39)38-29(37-26)42-15-30-8-3-7-20(30)35-10-5-9-30/h12-13,17,20,33,35,40H,3-11,14-15,34H2,1-2H3. The third kappa shape index (κ3) is 4.91. The first-order valence-electron chi connectivity index (χ1n) is 14.6. The number of aryl methyl sites for hydroxylation is 1. The molecule has 3 atom stereocenters. The van der Waals surface area contributed by atoms with E-state index in [0.29, 0.717) is 43.5 Å². The number of nitrogens with zero attached hydrogens (tertiary/aromatic N) is 4. The molecule has 4 heterocycles. The van der Waals surface area contributed by atoms with Gasteiger partial charge < -0.3 is 35.9 Å². The van der Waals surface area contributed by atoms with E-state index in [2.05, 4.69) is 15.3 Å². The van der Waals surface area contributed by atoms with Gasteiger partial charge >= 0.3 is 6.01 Å². The fourth-order valence-electron chi connectivity index (χ4n) is 7.00. The van der Waals surface area contributed by atoms with Crippen LogP contribution in [0.15, 0.2) is 6.07 Å². The number of rotatable bonds is 7. The SMILES string of the molecule is COc1nc(-c2c(Cl)c(C)cc(N)c2C=N)c(F)c2nc(OCC34CCCNC3CCC4)nc(N3CCCC(O)C3)c12. The first kappa shape index (κ1) is 28.8. The lowest BCUT2D eigenvalue weighted by molar-refractivity contribution is 0.0798. The molecule has 5 N–H and O–H groups in total. The van der Waals surface area contributed by atoms with Crippen LogP contribution in [0.25, 0.3) is 22.2 Å². The minimum atomic E-state index is -0.747. The molecular formula is C30H37ClFN7O3. The summed E-state index contributed by atoms with van der Waals surface area (Å²) in [7, 11) is 1.45. The van der Waals surface area contributed by atoms with Gasteiger partial charge in [-0.05, 0) is 63.6 Å². The number of hydrogen-bond donors (Lipinski definition) is 4. The third-order valence-corrected chi connectivity index (χ3v) is 9.63. The number of fused-ring (bicyclic) bond motifs is 2. The molecule has 3 unspecified atom stereocenters. The van der Waals surface area contributed by atoms with E-state index >= 15 is 4.39 Å². The molecule has 0 bridgehead atoms. The number of methoxy groups -OCH3 is 1. The van der Waals surface area contributed by atoms with Gasteiger partial charge in [0.2, 0.25) is 5.88 Å². The molecule has 3 aromatic rings. The predicted octanol–water partition coefficient (Wildman–Crippen LogP) is 4.64. The number of nitrogen functional groups attached to an aromatic ring is 1. The zero-order valence-corrected chi connectivity index (χ0v) is 24.7. The Balaban J connectivity index is 1.54. The fourth-order valence-corrected chi connectivity index (χ4v) is 7.25. The molecule has 0 radical (unpaired) electrons. The molecule has 2 aliphatic heterocycles. The smallest absolute Gasteiger partial charge is 0.319 e. The van der Waals surface area contributed by atoms with Crippen LogP contribution in [-0.4, -0.2) is 71.8 Å². The summed E-state index contributed by atoms with van der Waals surface area (Å²) < 4.78 is 28.8. The van der Waals surface area contributed by atoms with Crippen LogP contribution >= 0.6 is 11.6 Å². The van der Waals surface area contributed by atoms with E-state index < -0.39 is 11.9 Å². The average Bonchev–Trinajstić information content (AvgIpc) is 3.42. The number of ether oxygens (including phenoxy) is 2. The quantitative estimate of drug-likeness (QED) is 0.226. The summed E-state index contributed by atoms with van der Waals surface area (Å²) >= 11 is 6.68. The highest BCUT2D eigenvalue weighted by Gasteiger charge is 2.45. The highest BCUT2D eigenvalue weighted by Crippen LogP contribution is 2.46. The second-order valence-corrected chi connectivity index (χ2v) is 12.1. The number of aliphatic hydroxyl groups is 1. The van der Waals surface area contributed by atoms with Crippen LogP contribution in [0, 0.1) is 23.6 Å². The first-order valence-corrected chi connectivity index (χ1v) is 15.0. The minimum Gasteiger partial charge on any atom is -0.480 e. The van der Waals surface area contributed by atoms with Crippen molar-refractivity contribution in [3.05, 3.63) is 28.0 Å². The zero-order valence-electron chi connectivity index (χ0n) is 24.0. The molecule has 0 amide bonds. The lowest BCUT2D eigenvalue weighted by atomic mass is 9.76. The van der Waals surface area contributed by atoms with Crippen LogP contribution < -0.4 is 25.4 Å². The van der Waals surface area contributed by atoms with Crippen LogP contribution in [0.1, 0.15) is 56.1 Å². The average molecular weight is 598 g/mol. The Kier molecular flexibility index (Phi) is 7.84. The Morgan fingerprint density at radius 1 is 1.26 bits per heavy atom. The van der Waals surface area contributed by atoms with Crippen LogP contribution in [0.3, 0.4) is 0 Å². The number of pyridine rings is 1. The summed E-state index contributed by atoms with van der Waals surface area (Å²) in [5, 5.41) is 22.6. The highest BCUT2D eigenvalue weighted by molar-refractivity contribution is 6.35. The molecule has 2 saturated heterocycles. The number of β-amino-alcohol motifs (C(OH)–C–C–N with tert-alkyl or cyclic N) is 1. The van der Waals surface area contributed by atoms with Gasteiger partial charge in [0, 0.05) is 47.6 Å². The molecule has 6 rings (SSSR count). The topological polar surface area (TPSA) is 142 Å². The van der Waals surface area contributed by atoms with Gasteiger partial charge in [0.1, 0.15) is 22.4 Å². The lowest BCUT2D eigenvalue weighted by Crippen LogP contribution is -2.49. The Morgan fingerprint density at radius 3 is 2.83 bits per heavy atom. The van der Waals surface area contributed by atoms with Crippen molar-refractivity contribution in [2.24, 2.45) is 5.41 Å². The van der Waals surface area contributed by atoms with E-state index in [-0.39, 0.29) is 55.7 Å². The Morgan fingerprint density at radius 2 is 2.07 bits per heavy atom. The molecule has 2 aromatic heterocycles. The molecular weight excluding hydrogens is 561 g/mol. The third-order valence-electron chi connectivity index (χ3n) is 9.14. The zero-order chi connectivity index (χ0) is 29.6. The largest absolute Gasteiger partial charge is 0.480 e. The van der Waals surface area contributed by atoms with Gasteiger partial charge in [0.05, 0.1) is 24.8 Å². The van der Waals surface area contributed by atoms with E-state index in [4.69, 9.17) is 37.2 Å². The van der Waals surface area contributed by atoms with Crippen LogP contribution in [0.4, 0.5) is 15.9 Å². The van der Waals surface area contributed by atoms with Crippen molar-refractivity contribution >= 4 is 40.2 Å². The van der Waals surface area contributed by atoms with Gasteiger partial charge in [0.15, 0.2) is 5.82 Å². The van der Waals surface area contributed by atoms with Crippen molar-refractivity contribution in [3.8, 4) is 23.1 Å². The molecule has 12 heteroatoms. The van der Waals surface area contributed by atoms with Crippen LogP contribution in [0.5, 0.6) is 11.9 Å². The monoisotopic (exact) mass is 597 g/mol. The lowest BCUT2D eigenvalue weighted by Gasteiger charge is -2.39. The summed E-state index contributed by atoms with van der Waals surface area (Å²) in [5.41, 5.74) is 7.38. The van der Waals surface area contributed by atoms with Gasteiger partial charge in [-0.1, -0.05) is 18.0 Å². The van der Waals surface area contributed by atoms with Crippen molar-refractivity contribution in [2.45, 2.75) is 64.0 Å². The van der Waals surface area contributed by atoms with Gasteiger partial charge in [-0.25, -0.2) is 9.37 Å². The first-order chi connectivity index (χ1) is 20.3. The number of halogens is 2. The molecule has 224 valence electrons. The number of hydrogen-bond acceptors (Lipinski definition) is 10. The summed E-state index contributed by atoms with van der Waals surface area (Å²) in [5.74, 6) is -0.253. The Hall–Kier alpha value is -3.28. The van der Waals surface area contributed by atoms with Crippen LogP contribution in [0.2, 0.25) is 5.02 Å². The van der Waals surface area contributed by atoms with Gasteiger partial charge in [-0.2, -0.15) is 9.97 Å². The molecule has 0 spiro atoms. The maximum Gasteiger partial charge on any atom is 0.319 e. The number of aliphatic hydroxyl groups excluding tert-OH is 1. The number of aromatic nitrogens is 3. The van der Waals surface area contributed by atoms with E-state index in [1.165, 1.54) is 7.11 Å². The molecule has 3 fully saturated rings. The number of anilines is 2. The van der Waals surface area contributed by atoms with E-state index in [0.717, 1.165) is 51.3 Å². The van der Waals surface area contributed by atoms with Gasteiger partial charge in [0.25, 0.3) is 0 Å². The second-order valence-electron chi connectivity index (χ2n) is 11.8. The van der Waals surface area contributed by atoms with Crippen molar-refractivity contribution in [3.63, 3.8) is 0 Å². The summed E-state index contributed by atoms with van der Waals surface area (Å²) in [6, 6.07) is 2.08. The normalized spacial score (nSPS) is 24.1. The fraction of sp³-hybridized carbons (Fsp3) is 0.533. The number of nitrogens with one attached hydrogen (secondary N) is 2. The highest BCUT2D eigenvalue weighted by atomic mass is 35.5. The van der Waals surface area contributed by atoms with E-state index in [9.17, 15) is 5.11 Å².